The van der Waals surface area contributed by atoms with Crippen LogP contribution < -0.4 is 30.7 Å². The van der Waals surface area contributed by atoms with Crippen LogP contribution in [0.4, 0.5) is 11.4 Å². The molecule has 0 amide bonds. The molecule has 0 saturated heterocycles. The van der Waals surface area contributed by atoms with Gasteiger partial charge in [0.15, 0.2) is 0 Å². The van der Waals surface area contributed by atoms with Crippen molar-refractivity contribution >= 4 is 27.0 Å². The molecule has 0 aliphatic carbocycles. The van der Waals surface area contributed by atoms with Crippen LogP contribution in [0.25, 0.3) is 0 Å². The van der Waals surface area contributed by atoms with Crippen molar-refractivity contribution in [1.29, 1.82) is 0 Å². The molecule has 0 aromatic heterocycles. The van der Waals surface area contributed by atoms with E-state index in [9.17, 15) is 18.9 Å². The van der Waals surface area contributed by atoms with E-state index in [-0.39, 0.29) is 0 Å². The van der Waals surface area contributed by atoms with Crippen LogP contribution >= 0.6 is 15.6 Å². The van der Waals surface area contributed by atoms with E-state index in [0.29, 0.717) is 0 Å². The van der Waals surface area contributed by atoms with Crippen LogP contribution in [0, 0.1) is 0 Å². The molecule has 0 aliphatic heterocycles. The van der Waals surface area contributed by atoms with E-state index >= 15 is 0 Å². The van der Waals surface area contributed by atoms with E-state index in [1.54, 1.807) is 14.2 Å². The van der Waals surface area contributed by atoms with Gasteiger partial charge in [0, 0.05) is 12.1 Å². The number of methoxy groups -OCH3 is 2. The van der Waals surface area contributed by atoms with Crippen LogP contribution in [0.15, 0.2) is 48.5 Å². The van der Waals surface area contributed by atoms with E-state index < -0.39 is 15.6 Å². The van der Waals surface area contributed by atoms with Crippen molar-refractivity contribution in [3.05, 3.63) is 48.5 Å². The average Bonchev–Trinajstić information content (AvgIpc) is 2.52. The van der Waals surface area contributed by atoms with Gasteiger partial charge in [-0.15, -0.1) is 0 Å². The topological polar surface area (TPSA) is 204 Å². The number of hydrogen-bond donors (Lipinski definition) is 4. The molecule has 0 heterocycles. The number of rotatable bonds is 4. The second kappa shape index (κ2) is 11.8. The number of ether oxygens (including phenoxy) is 2. The maximum absolute atomic E-state index is 9.48. The maximum Gasteiger partial charge on any atom is 0.271 e. The second-order valence-electron chi connectivity index (χ2n) is 4.72. The van der Waals surface area contributed by atoms with Gasteiger partial charge in [-0.3, -0.25) is 9.13 Å². The van der Waals surface area contributed by atoms with Crippen LogP contribution in [0.2, 0.25) is 0 Å². The number of phosphoric acid groups is 2. The largest absolute Gasteiger partial charge is 0.756 e. The minimum atomic E-state index is -5.36. The highest BCUT2D eigenvalue weighted by atomic mass is 31.3. The van der Waals surface area contributed by atoms with Crippen molar-refractivity contribution < 1.29 is 54.0 Å². The van der Waals surface area contributed by atoms with Gasteiger partial charge >= 0.3 is 0 Å². The van der Waals surface area contributed by atoms with Crippen molar-refractivity contribution in [2.75, 3.05) is 14.2 Å². The Morgan fingerprint density at radius 2 is 1.15 bits per heavy atom. The highest BCUT2D eigenvalue weighted by molar-refractivity contribution is 7.58. The monoisotopic (exact) mass is 424 g/mol. The lowest BCUT2D eigenvalue weighted by Crippen LogP contribution is -2.39. The van der Waals surface area contributed by atoms with E-state index in [1.165, 1.54) is 0 Å². The summed E-state index contributed by atoms with van der Waals surface area (Å²) in [6.45, 7) is 0. The third kappa shape index (κ3) is 15.0. The summed E-state index contributed by atoms with van der Waals surface area (Å²) < 4.78 is 31.6. The van der Waals surface area contributed by atoms with E-state index in [0.717, 1.165) is 22.9 Å². The van der Waals surface area contributed by atoms with Crippen molar-refractivity contribution in [2.24, 2.45) is 0 Å². The average molecular weight is 424 g/mol. The minimum absolute atomic E-state index is 0.863. The smallest absolute Gasteiger partial charge is 0.271 e. The van der Waals surface area contributed by atoms with Gasteiger partial charge in [0.1, 0.15) is 22.9 Å². The Kier molecular flexibility index (Phi) is 11.1. The quantitative estimate of drug-likeness (QED) is 0.446. The summed E-state index contributed by atoms with van der Waals surface area (Å²) in [5, 5.41) is 0. The minimum Gasteiger partial charge on any atom is -0.756 e. The molecule has 11 nitrogen and oxygen atoms in total. The molecule has 13 heteroatoms. The van der Waals surface area contributed by atoms with Crippen LogP contribution in [0.3, 0.4) is 0 Å². The van der Waals surface area contributed by atoms with Gasteiger partial charge in [-0.25, -0.2) is 4.31 Å². The standard InChI is InChI=1S/2C7H9NO.H4O7P2/c2*1-9-7-4-2-3-6(8)5-7;1-8(2,3)7-9(4,5)6/h2*2-5H,8H2,1H3;(H2,1,2,3)(H2,4,5,6). The van der Waals surface area contributed by atoms with Crippen molar-refractivity contribution in [2.45, 2.75) is 0 Å². The Labute approximate surface area is 156 Å². The predicted molar refractivity (Wildman–Crippen MR) is 91.8 cm³/mol. The lowest BCUT2D eigenvalue weighted by atomic mass is 10.3. The van der Waals surface area contributed by atoms with Gasteiger partial charge in [0.25, 0.3) is 15.6 Å². The highest BCUT2D eigenvalue weighted by Crippen LogP contribution is 2.48. The van der Waals surface area contributed by atoms with Crippen molar-refractivity contribution in [3.8, 4) is 11.5 Å². The maximum atomic E-state index is 9.48. The molecule has 2 atom stereocenters. The molecule has 0 aliphatic rings. The first-order valence-electron chi connectivity index (χ1n) is 7.07. The molecular formula is C14H22N2O9P2. The van der Waals surface area contributed by atoms with Crippen LogP contribution in [-0.2, 0) is 13.4 Å². The molecule has 2 unspecified atom stereocenters. The summed E-state index contributed by atoms with van der Waals surface area (Å²) in [7, 11) is -7.43. The second-order valence-corrected chi connectivity index (χ2v) is 7.25. The Bertz CT molecular complexity index is 726. The molecular weight excluding hydrogens is 402 g/mol. The zero-order valence-corrected chi connectivity index (χ0v) is 16.5. The first-order valence-corrected chi connectivity index (χ1v) is 10.1. The number of hydrogen-bond acceptors (Lipinski definition) is 7. The molecule has 0 bridgehead atoms. The molecule has 0 fully saturated rings. The Morgan fingerprint density at radius 1 is 0.815 bits per heavy atom. The summed E-state index contributed by atoms with van der Waals surface area (Å²) in [6, 6.07) is 15.3. The first kappa shape index (κ1) is 25.2. The van der Waals surface area contributed by atoms with Gasteiger partial charge in [-0.2, -0.15) is 0 Å². The van der Waals surface area contributed by atoms with Gasteiger partial charge in [0.05, 0.1) is 14.2 Å². The van der Waals surface area contributed by atoms with Crippen LogP contribution in [0.5, 0.6) is 11.5 Å². The van der Waals surface area contributed by atoms with Crippen LogP contribution in [0.1, 0.15) is 0 Å². The Hall–Kier alpha value is -1.78. The fraction of sp³-hybridized carbons (Fsp3) is 0.143. The molecule has 27 heavy (non-hydrogen) atoms. The third-order valence-electron chi connectivity index (χ3n) is 2.47. The third-order valence-corrected chi connectivity index (χ3v) is 4.13. The normalized spacial score (nSPS) is 14.2. The van der Waals surface area contributed by atoms with Gasteiger partial charge in [0.2, 0.25) is 0 Å². The summed E-state index contributed by atoms with van der Waals surface area (Å²) in [4.78, 5) is 34.1. The lowest BCUT2D eigenvalue weighted by molar-refractivity contribution is -0.255. The Balaban J connectivity index is 0.000000376. The van der Waals surface area contributed by atoms with Crippen LogP contribution in [-0.4, -0.2) is 24.0 Å². The fourth-order valence-electron chi connectivity index (χ4n) is 1.48. The molecule has 152 valence electrons. The summed E-state index contributed by atoms with van der Waals surface area (Å²) in [5.74, 6) is 1.73. The lowest BCUT2D eigenvalue weighted by Gasteiger charge is -2.22. The zero-order valence-electron chi connectivity index (χ0n) is 14.7. The Morgan fingerprint density at radius 3 is 1.30 bits per heavy atom. The first-order chi connectivity index (χ1) is 12.4. The van der Waals surface area contributed by atoms with Crippen molar-refractivity contribution in [3.63, 3.8) is 0 Å². The molecule has 0 saturated carbocycles. The molecule has 8 N–H and O–H groups in total. The number of benzene rings is 2. The zero-order chi connectivity index (χ0) is 21.1. The molecule has 0 spiro atoms. The summed E-state index contributed by atoms with van der Waals surface area (Å²) in [6.07, 6.45) is 0. The molecule has 2 aromatic rings. The number of quaternary nitrogens is 2. The van der Waals surface area contributed by atoms with Gasteiger partial charge in [-0.05, 0) is 24.3 Å². The molecule has 0 radical (unpaired) electrons. The summed E-state index contributed by atoms with van der Waals surface area (Å²) in [5.41, 5.74) is 9.46. The SMILES string of the molecule is COc1cccc([NH3+])c1.COc1cccc([NH3+])c1.O=P([O-])(O)OP(=O)([O-])O. The van der Waals surface area contributed by atoms with E-state index in [1.807, 2.05) is 48.5 Å². The predicted octanol–water partition coefficient (Wildman–Crippen LogP) is -0.938. The molecule has 2 aromatic carbocycles. The van der Waals surface area contributed by atoms with Gasteiger partial charge in [-0.1, -0.05) is 12.1 Å². The van der Waals surface area contributed by atoms with E-state index in [2.05, 4.69) is 15.8 Å². The summed E-state index contributed by atoms with van der Waals surface area (Å²) >= 11 is 0. The van der Waals surface area contributed by atoms with Crippen molar-refractivity contribution in [1.82, 2.24) is 0 Å². The highest BCUT2D eigenvalue weighted by Gasteiger charge is 2.10. The van der Waals surface area contributed by atoms with E-state index in [4.69, 9.17) is 19.3 Å². The van der Waals surface area contributed by atoms with Gasteiger partial charge < -0.3 is 40.5 Å². The molecule has 2 rings (SSSR count). The fourth-order valence-corrected chi connectivity index (χ4v) is 2.52.